The van der Waals surface area contributed by atoms with Crippen molar-refractivity contribution in [2.45, 2.75) is 6.04 Å². The molecule has 2 N–H and O–H groups in total. The highest BCUT2D eigenvalue weighted by molar-refractivity contribution is 7.80. The monoisotopic (exact) mass is 388 g/mol. The quantitative estimate of drug-likeness (QED) is 0.618. The van der Waals surface area contributed by atoms with Crippen LogP contribution in [-0.2, 0) is 9.53 Å². The minimum absolute atomic E-state index is 0.420. The Hall–Kier alpha value is -2.57. The van der Waals surface area contributed by atoms with E-state index in [1.807, 2.05) is 36.4 Å². The van der Waals surface area contributed by atoms with Crippen LogP contribution in [0.1, 0.15) is 17.2 Å². The molecule has 2 aromatic carbocycles. The number of hydrogen-bond donors (Lipinski definition) is 2. The fourth-order valence-electron chi connectivity index (χ4n) is 2.79. The van der Waals surface area contributed by atoms with Crippen LogP contribution in [0.4, 0.5) is 0 Å². The summed E-state index contributed by atoms with van der Waals surface area (Å²) in [4.78, 5) is 12.6. The number of hydrogen-bond acceptors (Lipinski definition) is 4. The van der Waals surface area contributed by atoms with Gasteiger partial charge < -0.3 is 20.1 Å². The minimum Gasteiger partial charge on any atom is -0.497 e. The highest BCUT2D eigenvalue weighted by atomic mass is 35.5. The molecule has 26 heavy (non-hydrogen) atoms. The Bertz CT molecular complexity index is 863. The average Bonchev–Trinajstić information content (AvgIpc) is 2.67. The molecule has 0 aliphatic carbocycles. The third-order valence-electron chi connectivity index (χ3n) is 4.06. The lowest BCUT2D eigenvalue weighted by Gasteiger charge is -2.31. The third kappa shape index (κ3) is 3.66. The number of ether oxygens (including phenoxy) is 2. The van der Waals surface area contributed by atoms with Crippen LogP contribution in [0.5, 0.6) is 5.75 Å². The number of thiocarbonyl (C=S) groups is 1. The van der Waals surface area contributed by atoms with Gasteiger partial charge in [-0.3, -0.25) is 0 Å². The molecular formula is C19H17ClN2O3S. The maximum absolute atomic E-state index is 12.6. The van der Waals surface area contributed by atoms with Crippen LogP contribution < -0.4 is 15.4 Å². The molecule has 2 aromatic rings. The molecule has 1 aliphatic rings. The van der Waals surface area contributed by atoms with Crippen molar-refractivity contribution in [3.05, 3.63) is 70.3 Å². The van der Waals surface area contributed by atoms with Crippen LogP contribution in [0, 0.1) is 0 Å². The first-order valence-electron chi connectivity index (χ1n) is 7.83. The van der Waals surface area contributed by atoms with Crippen molar-refractivity contribution in [1.82, 2.24) is 10.6 Å². The van der Waals surface area contributed by atoms with Gasteiger partial charge >= 0.3 is 5.97 Å². The Balaban J connectivity index is 2.14. The summed E-state index contributed by atoms with van der Waals surface area (Å²) in [5.41, 5.74) is 2.69. The topological polar surface area (TPSA) is 59.6 Å². The molecule has 1 atom stereocenters. The summed E-state index contributed by atoms with van der Waals surface area (Å²) in [6.07, 6.45) is 0. The van der Waals surface area contributed by atoms with E-state index in [0.29, 0.717) is 21.4 Å². The smallest absolute Gasteiger partial charge is 0.338 e. The molecule has 134 valence electrons. The molecule has 0 aromatic heterocycles. The zero-order chi connectivity index (χ0) is 18.7. The lowest BCUT2D eigenvalue weighted by Crippen LogP contribution is -2.45. The number of esters is 1. The van der Waals surface area contributed by atoms with Crippen LogP contribution in [0.3, 0.4) is 0 Å². The van der Waals surface area contributed by atoms with E-state index < -0.39 is 12.0 Å². The largest absolute Gasteiger partial charge is 0.497 e. The van der Waals surface area contributed by atoms with E-state index in [-0.39, 0.29) is 0 Å². The van der Waals surface area contributed by atoms with E-state index in [2.05, 4.69) is 10.6 Å². The predicted molar refractivity (Wildman–Crippen MR) is 105 cm³/mol. The first kappa shape index (κ1) is 18.2. The number of rotatable bonds is 4. The molecule has 1 heterocycles. The Kier molecular flexibility index (Phi) is 5.44. The lowest BCUT2D eigenvalue weighted by atomic mass is 9.93. The van der Waals surface area contributed by atoms with Crippen LogP contribution in [0.2, 0.25) is 5.02 Å². The fourth-order valence-corrected chi connectivity index (χ4v) is 3.13. The summed E-state index contributed by atoms with van der Waals surface area (Å²) >= 11 is 11.3. The van der Waals surface area contributed by atoms with E-state index in [0.717, 1.165) is 16.9 Å². The molecule has 1 aliphatic heterocycles. The van der Waals surface area contributed by atoms with Crippen LogP contribution in [-0.4, -0.2) is 25.3 Å². The summed E-state index contributed by atoms with van der Waals surface area (Å²) in [7, 11) is 2.96. The minimum atomic E-state index is -0.451. The summed E-state index contributed by atoms with van der Waals surface area (Å²) in [5.74, 6) is 0.282. The van der Waals surface area contributed by atoms with Gasteiger partial charge in [-0.05, 0) is 47.6 Å². The van der Waals surface area contributed by atoms with Gasteiger partial charge in [0.1, 0.15) is 5.75 Å². The molecule has 0 saturated heterocycles. The van der Waals surface area contributed by atoms with Crippen molar-refractivity contribution >= 4 is 40.6 Å². The van der Waals surface area contributed by atoms with E-state index >= 15 is 0 Å². The number of benzene rings is 2. The molecule has 0 spiro atoms. The fraction of sp³-hybridized carbons (Fsp3) is 0.158. The van der Waals surface area contributed by atoms with Gasteiger partial charge in [-0.1, -0.05) is 35.9 Å². The number of halogens is 1. The molecule has 0 radical (unpaired) electrons. The van der Waals surface area contributed by atoms with Gasteiger partial charge in [-0.2, -0.15) is 0 Å². The lowest BCUT2D eigenvalue weighted by molar-refractivity contribution is -0.136. The van der Waals surface area contributed by atoms with Gasteiger partial charge in [0.15, 0.2) is 5.11 Å². The van der Waals surface area contributed by atoms with Crippen LogP contribution in [0.15, 0.2) is 54.1 Å². The Morgan fingerprint density at radius 2 is 1.73 bits per heavy atom. The van der Waals surface area contributed by atoms with Crippen molar-refractivity contribution in [2.75, 3.05) is 14.2 Å². The standard InChI is InChI=1S/C19H17ClN2O3S/c1-24-14-9-5-12(6-10-14)17-15(18(23)25-2)16(21-19(26)22-17)11-3-7-13(20)8-4-11/h3-10,17H,1-2H3,(H2,21,22,26)/t17-/m0/s1. The van der Waals surface area contributed by atoms with E-state index in [1.165, 1.54) is 7.11 Å². The number of nitrogens with one attached hydrogen (secondary N) is 2. The number of carbonyl (C=O) groups excluding carboxylic acids is 1. The van der Waals surface area contributed by atoms with Gasteiger partial charge in [0.25, 0.3) is 0 Å². The Labute approximate surface area is 161 Å². The molecule has 0 unspecified atom stereocenters. The Morgan fingerprint density at radius 1 is 1.08 bits per heavy atom. The average molecular weight is 389 g/mol. The molecule has 7 heteroatoms. The number of carbonyl (C=O) groups is 1. The first-order valence-corrected chi connectivity index (χ1v) is 8.62. The molecule has 5 nitrogen and oxygen atoms in total. The van der Waals surface area contributed by atoms with Crippen LogP contribution >= 0.6 is 23.8 Å². The molecular weight excluding hydrogens is 372 g/mol. The predicted octanol–water partition coefficient (Wildman–Crippen LogP) is 3.45. The van der Waals surface area contributed by atoms with Crippen molar-refractivity contribution in [3.63, 3.8) is 0 Å². The van der Waals surface area contributed by atoms with Crippen molar-refractivity contribution in [2.24, 2.45) is 0 Å². The summed E-state index contributed by atoms with van der Waals surface area (Å²) < 4.78 is 10.2. The van der Waals surface area contributed by atoms with Gasteiger partial charge in [-0.15, -0.1) is 0 Å². The molecule has 0 saturated carbocycles. The Morgan fingerprint density at radius 3 is 2.31 bits per heavy atom. The van der Waals surface area contributed by atoms with E-state index in [9.17, 15) is 4.79 Å². The van der Waals surface area contributed by atoms with Gasteiger partial charge in [-0.25, -0.2) is 4.79 Å². The van der Waals surface area contributed by atoms with Crippen molar-refractivity contribution in [3.8, 4) is 5.75 Å². The second kappa shape index (κ2) is 7.76. The zero-order valence-corrected chi connectivity index (χ0v) is 15.8. The summed E-state index contributed by atoms with van der Waals surface area (Å²) in [6.45, 7) is 0. The maximum Gasteiger partial charge on any atom is 0.338 e. The van der Waals surface area contributed by atoms with Crippen LogP contribution in [0.25, 0.3) is 5.70 Å². The molecule has 0 bridgehead atoms. The highest BCUT2D eigenvalue weighted by Crippen LogP contribution is 2.33. The summed E-state index contributed by atoms with van der Waals surface area (Å²) in [5, 5.41) is 7.24. The van der Waals surface area contributed by atoms with Gasteiger partial charge in [0.05, 0.1) is 31.5 Å². The van der Waals surface area contributed by atoms with Gasteiger partial charge in [0.2, 0.25) is 0 Å². The SMILES string of the molecule is COC(=O)C1=C(c2ccc(Cl)cc2)NC(=S)N[C@H]1c1ccc(OC)cc1. The molecule has 0 fully saturated rings. The van der Waals surface area contributed by atoms with E-state index in [4.69, 9.17) is 33.3 Å². The van der Waals surface area contributed by atoms with Gasteiger partial charge in [0, 0.05) is 5.02 Å². The summed E-state index contributed by atoms with van der Waals surface area (Å²) in [6, 6.07) is 14.1. The number of methoxy groups -OCH3 is 2. The highest BCUT2D eigenvalue weighted by Gasteiger charge is 2.32. The second-order valence-corrected chi connectivity index (χ2v) is 6.44. The normalized spacial score (nSPS) is 16.6. The molecule has 0 amide bonds. The first-order chi connectivity index (χ1) is 12.5. The maximum atomic E-state index is 12.6. The molecule has 3 rings (SSSR count). The third-order valence-corrected chi connectivity index (χ3v) is 4.53. The van der Waals surface area contributed by atoms with Crippen molar-refractivity contribution in [1.29, 1.82) is 0 Å². The van der Waals surface area contributed by atoms with E-state index in [1.54, 1.807) is 19.2 Å². The second-order valence-electron chi connectivity index (χ2n) is 5.59. The zero-order valence-electron chi connectivity index (χ0n) is 14.2. The van der Waals surface area contributed by atoms with Crippen molar-refractivity contribution < 1.29 is 14.3 Å².